The number of carbonyl (C=O) groups excluding carboxylic acids is 1. The third-order valence-corrected chi connectivity index (χ3v) is 1.66. The summed E-state index contributed by atoms with van der Waals surface area (Å²) in [5, 5.41) is 0. The van der Waals surface area contributed by atoms with E-state index in [1.165, 1.54) is 12.3 Å². The molecule has 14 heavy (non-hydrogen) atoms. The van der Waals surface area contributed by atoms with Crippen LogP contribution in [0, 0.1) is 5.95 Å². The van der Waals surface area contributed by atoms with E-state index in [1.54, 1.807) is 6.08 Å². The number of pyridine rings is 1. The fourth-order valence-electron chi connectivity index (χ4n) is 0.972. The maximum Gasteiger partial charge on any atom is 0.223 e. The molecule has 0 bridgehead atoms. The first-order valence-corrected chi connectivity index (χ1v) is 4.25. The van der Waals surface area contributed by atoms with Gasteiger partial charge in [0.1, 0.15) is 0 Å². The normalized spacial score (nSPS) is 10.7. The van der Waals surface area contributed by atoms with E-state index in [0.29, 0.717) is 18.4 Å². The molecule has 1 heterocycles. The van der Waals surface area contributed by atoms with Crippen LogP contribution in [-0.4, -0.2) is 17.8 Å². The lowest BCUT2D eigenvalue weighted by Crippen LogP contribution is -1.95. The molecule has 0 aliphatic carbocycles. The Morgan fingerprint density at radius 3 is 3.00 bits per heavy atom. The summed E-state index contributed by atoms with van der Waals surface area (Å²) >= 11 is 0. The second-order valence-electron chi connectivity index (χ2n) is 2.75. The molecule has 0 fully saturated rings. The molecule has 4 heteroatoms. The molecule has 3 nitrogen and oxygen atoms in total. The first-order valence-electron chi connectivity index (χ1n) is 4.25. The smallest absolute Gasteiger partial charge is 0.223 e. The molecule has 0 saturated heterocycles. The summed E-state index contributed by atoms with van der Waals surface area (Å²) in [6.07, 6.45) is 6.17. The number of rotatable bonds is 4. The molecule has 1 aromatic rings. The van der Waals surface area contributed by atoms with Crippen LogP contribution in [0.25, 0.3) is 6.08 Å². The van der Waals surface area contributed by atoms with Crippen LogP contribution in [0.15, 0.2) is 18.3 Å². The van der Waals surface area contributed by atoms with Gasteiger partial charge in [-0.25, -0.2) is 4.98 Å². The van der Waals surface area contributed by atoms with Crippen molar-refractivity contribution in [3.8, 4) is 0 Å². The van der Waals surface area contributed by atoms with Crippen molar-refractivity contribution in [1.29, 1.82) is 0 Å². The zero-order chi connectivity index (χ0) is 10.4. The lowest BCUT2D eigenvalue weighted by Gasteiger charge is -1.95. The maximum atomic E-state index is 12.8. The molecule has 1 rings (SSSR count). The minimum atomic E-state index is -0.740. The zero-order valence-electron chi connectivity index (χ0n) is 7.61. The summed E-state index contributed by atoms with van der Waals surface area (Å²) in [5.74, 6) is -0.740. The predicted molar refractivity (Wildman–Crippen MR) is 52.3 cm³/mol. The number of hydrogen-bond donors (Lipinski definition) is 1. The zero-order valence-corrected chi connectivity index (χ0v) is 7.61. The maximum absolute atomic E-state index is 12.8. The Kier molecular flexibility index (Phi) is 3.94. The van der Waals surface area contributed by atoms with E-state index < -0.39 is 5.95 Å². The van der Waals surface area contributed by atoms with E-state index in [4.69, 9.17) is 5.73 Å². The van der Waals surface area contributed by atoms with Crippen LogP contribution < -0.4 is 5.73 Å². The quantitative estimate of drug-likeness (QED) is 0.582. The van der Waals surface area contributed by atoms with Gasteiger partial charge in [0.05, 0.1) is 5.56 Å². The van der Waals surface area contributed by atoms with Gasteiger partial charge in [-0.15, -0.1) is 0 Å². The van der Waals surface area contributed by atoms with Crippen molar-refractivity contribution in [2.24, 2.45) is 5.73 Å². The van der Waals surface area contributed by atoms with Gasteiger partial charge in [0.2, 0.25) is 5.95 Å². The van der Waals surface area contributed by atoms with Gasteiger partial charge in [0.15, 0.2) is 6.29 Å². The highest BCUT2D eigenvalue weighted by Crippen LogP contribution is 2.07. The highest BCUT2D eigenvalue weighted by atomic mass is 19.1. The van der Waals surface area contributed by atoms with E-state index >= 15 is 0 Å². The van der Waals surface area contributed by atoms with E-state index in [2.05, 4.69) is 4.98 Å². The van der Waals surface area contributed by atoms with Crippen LogP contribution in [-0.2, 0) is 0 Å². The van der Waals surface area contributed by atoms with Crippen molar-refractivity contribution in [1.82, 2.24) is 4.98 Å². The molecule has 0 unspecified atom stereocenters. The minimum absolute atomic E-state index is 0.0279. The Balaban J connectivity index is 2.84. The summed E-state index contributed by atoms with van der Waals surface area (Å²) in [7, 11) is 0. The average Bonchev–Trinajstić information content (AvgIpc) is 2.21. The number of nitrogens with zero attached hydrogens (tertiary/aromatic N) is 1. The van der Waals surface area contributed by atoms with Crippen LogP contribution in [0.1, 0.15) is 22.3 Å². The Labute approximate surface area is 81.5 Å². The van der Waals surface area contributed by atoms with Crippen molar-refractivity contribution in [3.05, 3.63) is 35.4 Å². The fraction of sp³-hybridized carbons (Fsp3) is 0.200. The number of hydrogen-bond acceptors (Lipinski definition) is 3. The van der Waals surface area contributed by atoms with Crippen molar-refractivity contribution in [2.75, 3.05) is 6.54 Å². The van der Waals surface area contributed by atoms with Gasteiger partial charge in [-0.3, -0.25) is 4.79 Å². The van der Waals surface area contributed by atoms with Crippen molar-refractivity contribution in [2.45, 2.75) is 6.42 Å². The van der Waals surface area contributed by atoms with E-state index in [1.807, 2.05) is 6.08 Å². The van der Waals surface area contributed by atoms with Gasteiger partial charge in [-0.2, -0.15) is 4.39 Å². The summed E-state index contributed by atoms with van der Waals surface area (Å²) in [6.45, 7) is 0.561. The number of aromatic nitrogens is 1. The second-order valence-corrected chi connectivity index (χ2v) is 2.75. The fourth-order valence-corrected chi connectivity index (χ4v) is 0.972. The SMILES string of the molecule is NCCC=Cc1cnc(F)c(C=O)c1. The van der Waals surface area contributed by atoms with Gasteiger partial charge in [0.25, 0.3) is 0 Å². The largest absolute Gasteiger partial charge is 0.330 e. The molecule has 0 radical (unpaired) electrons. The standard InChI is InChI=1S/C10H11FN2O/c11-10-9(7-14)5-8(6-13-10)3-1-2-4-12/h1,3,5-7H,2,4,12H2. The van der Waals surface area contributed by atoms with Crippen LogP contribution in [0.2, 0.25) is 0 Å². The summed E-state index contributed by atoms with van der Waals surface area (Å²) in [4.78, 5) is 13.8. The number of aldehydes is 1. The monoisotopic (exact) mass is 194 g/mol. The molecule has 0 aliphatic heterocycles. The van der Waals surface area contributed by atoms with Crippen LogP contribution >= 0.6 is 0 Å². The molecule has 0 aromatic carbocycles. The van der Waals surface area contributed by atoms with E-state index in [9.17, 15) is 9.18 Å². The molecule has 0 spiro atoms. The van der Waals surface area contributed by atoms with Gasteiger partial charge in [0, 0.05) is 6.20 Å². The molecule has 0 atom stereocenters. The summed E-state index contributed by atoms with van der Waals surface area (Å²) in [6, 6.07) is 1.45. The van der Waals surface area contributed by atoms with Crippen LogP contribution in [0.4, 0.5) is 4.39 Å². The van der Waals surface area contributed by atoms with Crippen molar-refractivity contribution < 1.29 is 9.18 Å². The number of carbonyl (C=O) groups is 1. The topological polar surface area (TPSA) is 56.0 Å². The molecule has 1 aromatic heterocycles. The average molecular weight is 194 g/mol. The molecular formula is C10H11FN2O. The van der Waals surface area contributed by atoms with Gasteiger partial charge < -0.3 is 5.73 Å². The third-order valence-electron chi connectivity index (χ3n) is 1.66. The lowest BCUT2D eigenvalue weighted by molar-refractivity contribution is 0.111. The first-order chi connectivity index (χ1) is 6.77. The summed E-state index contributed by atoms with van der Waals surface area (Å²) < 4.78 is 12.8. The third kappa shape index (κ3) is 2.74. The van der Waals surface area contributed by atoms with E-state index in [-0.39, 0.29) is 5.56 Å². The van der Waals surface area contributed by atoms with Crippen molar-refractivity contribution in [3.63, 3.8) is 0 Å². The molecular weight excluding hydrogens is 183 g/mol. The Hall–Kier alpha value is -1.55. The van der Waals surface area contributed by atoms with Gasteiger partial charge in [-0.05, 0) is 24.6 Å². The Morgan fingerprint density at radius 1 is 1.57 bits per heavy atom. The Bertz CT molecular complexity index is 350. The number of halogens is 1. The van der Waals surface area contributed by atoms with Gasteiger partial charge in [-0.1, -0.05) is 12.2 Å². The lowest BCUT2D eigenvalue weighted by atomic mass is 10.2. The predicted octanol–water partition coefficient (Wildman–Crippen LogP) is 1.40. The van der Waals surface area contributed by atoms with Crippen LogP contribution in [0.5, 0.6) is 0 Å². The molecule has 0 saturated carbocycles. The minimum Gasteiger partial charge on any atom is -0.330 e. The van der Waals surface area contributed by atoms with Gasteiger partial charge >= 0.3 is 0 Å². The highest BCUT2D eigenvalue weighted by Gasteiger charge is 2.01. The molecule has 0 aliphatic rings. The molecule has 2 N–H and O–H groups in total. The summed E-state index contributed by atoms with van der Waals surface area (Å²) in [5.41, 5.74) is 5.96. The second kappa shape index (κ2) is 5.24. The highest BCUT2D eigenvalue weighted by molar-refractivity contribution is 5.75. The Morgan fingerprint density at radius 2 is 2.36 bits per heavy atom. The van der Waals surface area contributed by atoms with Crippen LogP contribution in [0.3, 0.4) is 0 Å². The van der Waals surface area contributed by atoms with Crippen molar-refractivity contribution >= 4 is 12.4 Å². The molecule has 74 valence electrons. The molecule has 0 amide bonds. The number of nitrogens with two attached hydrogens (primary N) is 1. The first kappa shape index (κ1) is 10.5. The van der Waals surface area contributed by atoms with E-state index in [0.717, 1.165) is 6.42 Å².